The Morgan fingerprint density at radius 3 is 2.72 bits per heavy atom. The molecule has 3 heterocycles. The molecule has 1 fully saturated rings. The number of pyridine rings is 2. The molecule has 0 spiro atoms. The van der Waals surface area contributed by atoms with Gasteiger partial charge in [-0.1, -0.05) is 6.07 Å². The van der Waals surface area contributed by atoms with E-state index in [0.717, 1.165) is 37.6 Å². The van der Waals surface area contributed by atoms with Crippen molar-refractivity contribution in [2.75, 3.05) is 31.6 Å². The Labute approximate surface area is 148 Å². The summed E-state index contributed by atoms with van der Waals surface area (Å²) in [4.78, 5) is 10.8. The molecule has 134 valence electrons. The van der Waals surface area contributed by atoms with Crippen molar-refractivity contribution in [3.05, 3.63) is 48.3 Å². The SMILES string of the molecule is OCC(CO)N1CCCC(Cc2ccnc(Nc3ccccn3)c2)C1. The molecule has 0 aliphatic carbocycles. The van der Waals surface area contributed by atoms with E-state index in [-0.39, 0.29) is 19.3 Å². The van der Waals surface area contributed by atoms with Gasteiger partial charge in [-0.3, -0.25) is 4.90 Å². The molecule has 1 unspecified atom stereocenters. The van der Waals surface area contributed by atoms with E-state index in [1.165, 1.54) is 12.0 Å². The van der Waals surface area contributed by atoms with Crippen LogP contribution in [-0.2, 0) is 6.42 Å². The second kappa shape index (κ2) is 8.89. The number of hydrogen-bond donors (Lipinski definition) is 3. The van der Waals surface area contributed by atoms with Gasteiger partial charge in [0.25, 0.3) is 0 Å². The number of aromatic nitrogens is 2. The van der Waals surface area contributed by atoms with Crippen molar-refractivity contribution in [3.63, 3.8) is 0 Å². The van der Waals surface area contributed by atoms with Crippen LogP contribution in [0.2, 0.25) is 0 Å². The molecule has 2 aromatic rings. The summed E-state index contributed by atoms with van der Waals surface area (Å²) in [5.74, 6) is 2.11. The molecule has 6 nitrogen and oxygen atoms in total. The Morgan fingerprint density at radius 2 is 1.96 bits per heavy atom. The molecule has 1 aliphatic heterocycles. The first-order chi connectivity index (χ1) is 12.3. The van der Waals surface area contributed by atoms with Gasteiger partial charge in [0.1, 0.15) is 11.6 Å². The molecule has 1 atom stereocenters. The smallest absolute Gasteiger partial charge is 0.131 e. The number of aliphatic hydroxyl groups is 2. The van der Waals surface area contributed by atoms with Crippen LogP contribution >= 0.6 is 0 Å². The number of nitrogens with zero attached hydrogens (tertiary/aromatic N) is 3. The average molecular weight is 342 g/mol. The van der Waals surface area contributed by atoms with E-state index in [0.29, 0.717) is 5.92 Å². The standard InChI is InChI=1S/C19H26N4O2/c24-13-17(14-25)23-9-3-4-16(12-23)10-15-6-8-21-19(11-15)22-18-5-1-2-7-20-18/h1-2,5-8,11,16-17,24-25H,3-4,9-10,12-14H2,(H,20,21,22). The van der Waals surface area contributed by atoms with E-state index in [1.807, 2.05) is 24.4 Å². The van der Waals surface area contributed by atoms with E-state index >= 15 is 0 Å². The lowest BCUT2D eigenvalue weighted by molar-refractivity contribution is 0.0442. The average Bonchev–Trinajstić information content (AvgIpc) is 2.64. The molecular weight excluding hydrogens is 316 g/mol. The van der Waals surface area contributed by atoms with Gasteiger partial charge in [0.2, 0.25) is 0 Å². The number of hydrogen-bond acceptors (Lipinski definition) is 6. The zero-order valence-corrected chi connectivity index (χ0v) is 14.4. The fourth-order valence-corrected chi connectivity index (χ4v) is 3.46. The first-order valence-electron chi connectivity index (χ1n) is 8.87. The van der Waals surface area contributed by atoms with Crippen LogP contribution in [0.25, 0.3) is 0 Å². The molecule has 3 N–H and O–H groups in total. The summed E-state index contributed by atoms with van der Waals surface area (Å²) in [6.45, 7) is 1.88. The van der Waals surface area contributed by atoms with Crippen molar-refractivity contribution in [2.24, 2.45) is 5.92 Å². The molecule has 1 saturated heterocycles. The molecule has 0 bridgehead atoms. The predicted molar refractivity (Wildman–Crippen MR) is 97.7 cm³/mol. The Kier molecular flexibility index (Phi) is 6.33. The maximum absolute atomic E-state index is 9.41. The fraction of sp³-hybridized carbons (Fsp3) is 0.474. The van der Waals surface area contributed by atoms with Crippen LogP contribution in [0.3, 0.4) is 0 Å². The Morgan fingerprint density at radius 1 is 1.12 bits per heavy atom. The number of anilines is 2. The molecule has 6 heteroatoms. The number of piperidine rings is 1. The number of likely N-dealkylation sites (tertiary alicyclic amines) is 1. The zero-order valence-electron chi connectivity index (χ0n) is 14.4. The quantitative estimate of drug-likeness (QED) is 0.712. The van der Waals surface area contributed by atoms with Gasteiger partial charge in [0.15, 0.2) is 0 Å². The third-order valence-electron chi connectivity index (χ3n) is 4.76. The summed E-state index contributed by atoms with van der Waals surface area (Å²) < 4.78 is 0. The molecule has 2 aromatic heterocycles. The van der Waals surface area contributed by atoms with Gasteiger partial charge in [0.05, 0.1) is 19.3 Å². The molecule has 0 aromatic carbocycles. The number of rotatable bonds is 7. The molecule has 0 amide bonds. The second-order valence-electron chi connectivity index (χ2n) is 6.62. The molecule has 0 radical (unpaired) electrons. The van der Waals surface area contributed by atoms with Gasteiger partial charge in [-0.2, -0.15) is 0 Å². The minimum absolute atomic E-state index is 0.0105. The van der Waals surface area contributed by atoms with Crippen molar-refractivity contribution in [1.29, 1.82) is 0 Å². The minimum atomic E-state index is -0.137. The van der Waals surface area contributed by atoms with Crippen molar-refractivity contribution in [3.8, 4) is 0 Å². The minimum Gasteiger partial charge on any atom is -0.395 e. The highest BCUT2D eigenvalue weighted by Crippen LogP contribution is 2.23. The lowest BCUT2D eigenvalue weighted by atomic mass is 9.91. The third-order valence-corrected chi connectivity index (χ3v) is 4.76. The topological polar surface area (TPSA) is 81.5 Å². The van der Waals surface area contributed by atoms with Crippen molar-refractivity contribution in [2.45, 2.75) is 25.3 Å². The number of nitrogens with one attached hydrogen (secondary N) is 1. The van der Waals surface area contributed by atoms with E-state index in [9.17, 15) is 10.2 Å². The number of aliphatic hydroxyl groups excluding tert-OH is 2. The maximum Gasteiger partial charge on any atom is 0.131 e. The predicted octanol–water partition coefficient (Wildman–Crippen LogP) is 1.83. The third kappa shape index (κ3) is 4.98. The van der Waals surface area contributed by atoms with Crippen LogP contribution < -0.4 is 5.32 Å². The van der Waals surface area contributed by atoms with Gasteiger partial charge in [0, 0.05) is 18.9 Å². The highest BCUT2D eigenvalue weighted by molar-refractivity contribution is 5.51. The van der Waals surface area contributed by atoms with Crippen LogP contribution in [-0.4, -0.2) is 57.4 Å². The van der Waals surface area contributed by atoms with Crippen LogP contribution in [0.5, 0.6) is 0 Å². The highest BCUT2D eigenvalue weighted by Gasteiger charge is 2.25. The van der Waals surface area contributed by atoms with Crippen molar-refractivity contribution < 1.29 is 10.2 Å². The second-order valence-corrected chi connectivity index (χ2v) is 6.62. The normalized spacial score (nSPS) is 18.4. The Bertz CT molecular complexity index is 649. The Hall–Kier alpha value is -2.02. The van der Waals surface area contributed by atoms with Gasteiger partial charge in [-0.25, -0.2) is 9.97 Å². The summed E-state index contributed by atoms with van der Waals surface area (Å²) >= 11 is 0. The molecule has 1 aliphatic rings. The van der Waals surface area contributed by atoms with Crippen LogP contribution in [0, 0.1) is 5.92 Å². The summed E-state index contributed by atoms with van der Waals surface area (Å²) in [6, 6.07) is 9.73. The van der Waals surface area contributed by atoms with Crippen LogP contribution in [0.4, 0.5) is 11.6 Å². The summed E-state index contributed by atoms with van der Waals surface area (Å²) in [5, 5.41) is 22.0. The molecule has 25 heavy (non-hydrogen) atoms. The molecular formula is C19H26N4O2. The summed E-state index contributed by atoms with van der Waals surface area (Å²) in [7, 11) is 0. The lowest BCUT2D eigenvalue weighted by Crippen LogP contribution is -2.46. The highest BCUT2D eigenvalue weighted by atomic mass is 16.3. The first kappa shape index (κ1) is 17.8. The van der Waals surface area contributed by atoms with Crippen LogP contribution in [0.1, 0.15) is 18.4 Å². The van der Waals surface area contributed by atoms with Gasteiger partial charge >= 0.3 is 0 Å². The maximum atomic E-state index is 9.41. The van der Waals surface area contributed by atoms with Crippen molar-refractivity contribution >= 4 is 11.6 Å². The zero-order chi connectivity index (χ0) is 17.5. The monoisotopic (exact) mass is 342 g/mol. The van der Waals surface area contributed by atoms with E-state index < -0.39 is 0 Å². The van der Waals surface area contributed by atoms with E-state index in [4.69, 9.17) is 0 Å². The molecule has 3 rings (SSSR count). The Balaban J connectivity index is 1.61. The van der Waals surface area contributed by atoms with E-state index in [1.54, 1.807) is 6.20 Å². The van der Waals surface area contributed by atoms with E-state index in [2.05, 4.69) is 32.3 Å². The van der Waals surface area contributed by atoms with Gasteiger partial charge in [-0.05, 0) is 61.6 Å². The van der Waals surface area contributed by atoms with Gasteiger partial charge in [-0.15, -0.1) is 0 Å². The fourth-order valence-electron chi connectivity index (χ4n) is 3.46. The largest absolute Gasteiger partial charge is 0.395 e. The van der Waals surface area contributed by atoms with Gasteiger partial charge < -0.3 is 15.5 Å². The van der Waals surface area contributed by atoms with Crippen molar-refractivity contribution in [1.82, 2.24) is 14.9 Å². The lowest BCUT2D eigenvalue weighted by Gasteiger charge is -2.37. The van der Waals surface area contributed by atoms with Crippen LogP contribution in [0.15, 0.2) is 42.7 Å². The summed E-state index contributed by atoms with van der Waals surface area (Å²) in [5.41, 5.74) is 1.24. The molecule has 0 saturated carbocycles. The first-order valence-corrected chi connectivity index (χ1v) is 8.87. The summed E-state index contributed by atoms with van der Waals surface area (Å²) in [6.07, 6.45) is 6.82.